The maximum Gasteiger partial charge on any atom is 0.395 e. The van der Waals surface area contributed by atoms with E-state index in [4.69, 9.17) is 0 Å². The molecule has 11 heteroatoms. The molecule has 1 aromatic rings. The molecule has 0 unspecified atom stereocenters. The van der Waals surface area contributed by atoms with E-state index in [1.807, 2.05) is 0 Å². The quantitative estimate of drug-likeness (QED) is 0.0817. The zero-order valence-electron chi connectivity index (χ0n) is 18.8. The van der Waals surface area contributed by atoms with Gasteiger partial charge in [0.1, 0.15) is 5.69 Å². The maximum absolute atomic E-state index is 15.0. The highest BCUT2D eigenvalue weighted by atomic mass is 19.3. The maximum atomic E-state index is 15.0. The van der Waals surface area contributed by atoms with Gasteiger partial charge >= 0.3 is 17.9 Å². The van der Waals surface area contributed by atoms with Gasteiger partial charge in [0.25, 0.3) is 0 Å². The summed E-state index contributed by atoms with van der Waals surface area (Å²) in [5.74, 6) is -20.2. The number of nitrogens with zero attached hydrogens (tertiary/aromatic N) is 1. The molecule has 0 N–H and O–H groups in total. The number of halogens is 10. The lowest BCUT2D eigenvalue weighted by molar-refractivity contribution is -0.310. The highest BCUT2D eigenvalue weighted by Crippen LogP contribution is 2.51. The molecular weight excluding hydrogens is 468 g/mol. The fraction of sp³-hybridized carbons (Fsp3) is 0.727. The molecule has 0 aliphatic rings. The molecule has 0 aromatic heterocycles. The van der Waals surface area contributed by atoms with Crippen LogP contribution in [0.4, 0.5) is 49.6 Å². The summed E-state index contributed by atoms with van der Waals surface area (Å²) < 4.78 is 144. The summed E-state index contributed by atoms with van der Waals surface area (Å²) in [7, 11) is 0. The number of hydrogen-bond acceptors (Lipinski definition) is 1. The van der Waals surface area contributed by atoms with Crippen LogP contribution < -0.4 is 4.90 Å². The third kappa shape index (κ3) is 6.07. The highest BCUT2D eigenvalue weighted by Gasteiger charge is 2.73. The van der Waals surface area contributed by atoms with Crippen LogP contribution in [0.2, 0.25) is 0 Å². The smallest absolute Gasteiger partial charge is 0.303 e. The fourth-order valence-corrected chi connectivity index (χ4v) is 3.38. The number of alkyl halides is 6. The van der Waals surface area contributed by atoms with Crippen LogP contribution in [0.3, 0.4) is 0 Å². The van der Waals surface area contributed by atoms with Crippen molar-refractivity contribution < 1.29 is 43.9 Å². The first-order chi connectivity index (χ1) is 15.2. The van der Waals surface area contributed by atoms with Crippen molar-refractivity contribution >= 4 is 5.69 Å². The predicted octanol–water partition coefficient (Wildman–Crippen LogP) is 8.77. The minimum atomic E-state index is -6.06. The Kier molecular flexibility index (Phi) is 10.4. The third-order valence-corrected chi connectivity index (χ3v) is 5.49. The van der Waals surface area contributed by atoms with E-state index in [1.165, 1.54) is 0 Å². The molecule has 0 aliphatic carbocycles. The second-order valence-corrected chi connectivity index (χ2v) is 8.07. The number of hydrogen-bond donors (Lipinski definition) is 0. The second kappa shape index (κ2) is 11.6. The van der Waals surface area contributed by atoms with Crippen molar-refractivity contribution in [2.75, 3.05) is 11.4 Å². The molecule has 0 saturated carbocycles. The molecule has 192 valence electrons. The van der Waals surface area contributed by atoms with E-state index in [1.54, 1.807) is 13.8 Å². The Morgan fingerprint density at radius 3 is 1.67 bits per heavy atom. The summed E-state index contributed by atoms with van der Waals surface area (Å²) in [6.45, 7) is 2.86. The number of anilines is 1. The molecule has 1 aromatic carbocycles. The Hall–Kier alpha value is -1.68. The van der Waals surface area contributed by atoms with Crippen molar-refractivity contribution in [1.82, 2.24) is 0 Å². The van der Waals surface area contributed by atoms with Gasteiger partial charge in [-0.2, -0.15) is 26.3 Å². The van der Waals surface area contributed by atoms with Crippen molar-refractivity contribution in [2.24, 2.45) is 0 Å². The van der Waals surface area contributed by atoms with Crippen LogP contribution in [0.15, 0.2) is 0 Å². The van der Waals surface area contributed by atoms with Crippen molar-refractivity contribution in [3.8, 4) is 0 Å². The molecule has 0 bridgehead atoms. The number of benzene rings is 1. The molecule has 0 radical (unpaired) electrons. The molecule has 0 spiro atoms. The Morgan fingerprint density at radius 1 is 0.636 bits per heavy atom. The van der Waals surface area contributed by atoms with Gasteiger partial charge in [-0.15, -0.1) is 0 Å². The van der Waals surface area contributed by atoms with Gasteiger partial charge < -0.3 is 4.90 Å². The first-order valence-corrected chi connectivity index (χ1v) is 10.9. The lowest BCUT2D eigenvalue weighted by Gasteiger charge is -2.40. The first-order valence-electron chi connectivity index (χ1n) is 10.9. The molecule has 0 fully saturated rings. The zero-order valence-corrected chi connectivity index (χ0v) is 18.8. The molecule has 0 amide bonds. The van der Waals surface area contributed by atoms with Gasteiger partial charge in [-0.25, -0.2) is 17.6 Å². The van der Waals surface area contributed by atoms with Crippen molar-refractivity contribution in [3.63, 3.8) is 0 Å². The van der Waals surface area contributed by atoms with Gasteiger partial charge in [0.15, 0.2) is 23.3 Å². The topological polar surface area (TPSA) is 3.24 Å². The summed E-state index contributed by atoms with van der Waals surface area (Å²) >= 11 is 0. The standard InChI is InChI=1S/C22H29F10N/c1-4-6-8-10-12-20(27,28)21(29,30)22(31,32)33(13-11-9-7-5-2)19-16(24)14(3)15(23)17(25)18(19)26/h4-13H2,1-3H3. The predicted molar refractivity (Wildman–Crippen MR) is 106 cm³/mol. The molecular formula is C22H29F10N. The Morgan fingerprint density at radius 2 is 1.15 bits per heavy atom. The third-order valence-electron chi connectivity index (χ3n) is 5.49. The van der Waals surface area contributed by atoms with E-state index in [0.29, 0.717) is 32.6 Å². The average molecular weight is 497 g/mol. The summed E-state index contributed by atoms with van der Waals surface area (Å²) in [6, 6.07) is -5.81. The van der Waals surface area contributed by atoms with Gasteiger partial charge in [-0.1, -0.05) is 52.4 Å². The minimum Gasteiger partial charge on any atom is -0.303 e. The van der Waals surface area contributed by atoms with Crippen LogP contribution in [0.5, 0.6) is 0 Å². The number of rotatable bonds is 14. The molecule has 0 saturated heterocycles. The largest absolute Gasteiger partial charge is 0.395 e. The van der Waals surface area contributed by atoms with Crippen molar-refractivity contribution in [3.05, 3.63) is 28.8 Å². The molecule has 0 atom stereocenters. The van der Waals surface area contributed by atoms with Gasteiger partial charge in [-0.3, -0.25) is 0 Å². The Labute approximate surface area is 187 Å². The van der Waals surface area contributed by atoms with Crippen molar-refractivity contribution in [1.29, 1.82) is 0 Å². The van der Waals surface area contributed by atoms with E-state index in [-0.39, 0.29) is 19.3 Å². The normalized spacial score (nSPS) is 13.0. The molecule has 0 heterocycles. The Balaban J connectivity index is 3.52. The fourth-order valence-electron chi connectivity index (χ4n) is 3.38. The van der Waals surface area contributed by atoms with Crippen LogP contribution >= 0.6 is 0 Å². The summed E-state index contributed by atoms with van der Waals surface area (Å²) in [5, 5.41) is 0. The molecule has 1 nitrogen and oxygen atoms in total. The Bertz CT molecular complexity index is 750. The van der Waals surface area contributed by atoms with Crippen LogP contribution in [-0.4, -0.2) is 24.4 Å². The highest BCUT2D eigenvalue weighted by molar-refractivity contribution is 5.54. The van der Waals surface area contributed by atoms with E-state index in [9.17, 15) is 35.1 Å². The van der Waals surface area contributed by atoms with Crippen LogP contribution in [-0.2, 0) is 0 Å². The summed E-state index contributed by atoms with van der Waals surface area (Å²) in [5.41, 5.74) is -3.25. The van der Waals surface area contributed by atoms with Gasteiger partial charge in [0.2, 0.25) is 0 Å². The van der Waals surface area contributed by atoms with Crippen molar-refractivity contribution in [2.45, 2.75) is 96.5 Å². The van der Waals surface area contributed by atoms with Gasteiger partial charge in [-0.05, 0) is 19.8 Å². The van der Waals surface area contributed by atoms with Gasteiger partial charge in [0.05, 0.1) is 0 Å². The van der Waals surface area contributed by atoms with Crippen LogP contribution in [0.1, 0.15) is 77.2 Å². The van der Waals surface area contributed by atoms with Crippen LogP contribution in [0, 0.1) is 30.2 Å². The van der Waals surface area contributed by atoms with Gasteiger partial charge in [0, 0.05) is 18.5 Å². The zero-order chi connectivity index (χ0) is 25.6. The monoisotopic (exact) mass is 497 g/mol. The summed E-state index contributed by atoms with van der Waals surface area (Å²) in [4.78, 5) is -0.886. The van der Waals surface area contributed by atoms with E-state index >= 15 is 8.78 Å². The lowest BCUT2D eigenvalue weighted by Crippen LogP contribution is -2.63. The molecule has 0 aliphatic heterocycles. The first kappa shape index (κ1) is 29.4. The molecule has 1 rings (SSSR count). The molecule has 33 heavy (non-hydrogen) atoms. The lowest BCUT2D eigenvalue weighted by atomic mass is 10.00. The SMILES string of the molecule is CCCCCCN(c1c(F)c(C)c(F)c(F)c1F)C(F)(F)C(F)(F)C(F)(F)CCCCCC. The minimum absolute atomic E-state index is 0.0973. The van der Waals surface area contributed by atoms with Crippen LogP contribution in [0.25, 0.3) is 0 Å². The average Bonchev–Trinajstić information content (AvgIpc) is 2.75. The van der Waals surface area contributed by atoms with E-state index in [2.05, 4.69) is 0 Å². The number of unbranched alkanes of at least 4 members (excludes halogenated alkanes) is 6. The van der Waals surface area contributed by atoms with E-state index in [0.717, 1.165) is 0 Å². The van der Waals surface area contributed by atoms with E-state index < -0.39 is 76.7 Å². The second-order valence-electron chi connectivity index (χ2n) is 8.07. The summed E-state index contributed by atoms with van der Waals surface area (Å²) in [6.07, 6.45) is -0.131.